The van der Waals surface area contributed by atoms with Gasteiger partial charge in [0.05, 0.1) is 18.8 Å². The molecule has 1 amide bonds. The van der Waals surface area contributed by atoms with Gasteiger partial charge in [0.2, 0.25) is 5.91 Å². The first-order chi connectivity index (χ1) is 15.5. The van der Waals surface area contributed by atoms with Gasteiger partial charge in [0.1, 0.15) is 5.60 Å². The number of amides is 1. The van der Waals surface area contributed by atoms with Crippen LogP contribution < -0.4 is 5.32 Å². The number of hydrogen-bond donors (Lipinski definition) is 3. The van der Waals surface area contributed by atoms with Crippen molar-refractivity contribution in [2.75, 3.05) is 6.61 Å². The van der Waals surface area contributed by atoms with Crippen molar-refractivity contribution in [2.24, 2.45) is 11.3 Å². The summed E-state index contributed by atoms with van der Waals surface area (Å²) in [5.74, 6) is 2.51. The number of esters is 1. The first-order valence-corrected chi connectivity index (χ1v) is 11.8. The zero-order valence-electron chi connectivity index (χ0n) is 20.6. The van der Waals surface area contributed by atoms with E-state index in [9.17, 15) is 19.8 Å². The minimum Gasteiger partial charge on any atom is -0.460 e. The van der Waals surface area contributed by atoms with Crippen LogP contribution in [0.25, 0.3) is 0 Å². The lowest BCUT2D eigenvalue weighted by Gasteiger charge is -2.52. The summed E-state index contributed by atoms with van der Waals surface area (Å²) in [7, 11) is 0. The van der Waals surface area contributed by atoms with Gasteiger partial charge >= 0.3 is 5.97 Å². The summed E-state index contributed by atoms with van der Waals surface area (Å²) in [6.45, 7) is 8.62. The number of terminal acetylenes is 1. The number of carbonyl (C=O) groups excluding carboxylic acids is 2. The second-order valence-electron chi connectivity index (χ2n) is 10.1. The van der Waals surface area contributed by atoms with Crippen LogP contribution in [0.5, 0.6) is 0 Å². The van der Waals surface area contributed by atoms with E-state index in [1.54, 1.807) is 6.08 Å². The third-order valence-corrected chi connectivity index (χ3v) is 6.72. The molecule has 3 N–H and O–H groups in total. The molecule has 6 heteroatoms. The molecule has 0 heterocycles. The molecule has 4 atom stereocenters. The number of aliphatic hydroxyl groups is 2. The summed E-state index contributed by atoms with van der Waals surface area (Å²) in [6.07, 6.45) is 14.5. The van der Waals surface area contributed by atoms with E-state index in [-0.39, 0.29) is 36.9 Å². The Morgan fingerprint density at radius 1 is 1.24 bits per heavy atom. The highest BCUT2D eigenvalue weighted by Gasteiger charge is 2.53. The molecule has 0 saturated heterocycles. The Morgan fingerprint density at radius 3 is 2.52 bits per heavy atom. The number of nitrogens with one attached hydrogen (secondary N) is 1. The SMILES string of the molecule is C#C/C(=C(C)\C(=C/CO)CCC(=O)OC(C)(C)C)[C@]12CC=CCC1CC[C@H](NC(C)=O)[C@@H]2O. The molecule has 1 fully saturated rings. The molecule has 1 saturated carbocycles. The molecule has 0 spiro atoms. The third kappa shape index (κ3) is 6.37. The van der Waals surface area contributed by atoms with Gasteiger partial charge in [0.25, 0.3) is 0 Å². The summed E-state index contributed by atoms with van der Waals surface area (Å²) >= 11 is 0. The molecule has 0 bridgehead atoms. The van der Waals surface area contributed by atoms with E-state index in [0.717, 1.165) is 24.0 Å². The summed E-state index contributed by atoms with van der Waals surface area (Å²) in [5, 5.41) is 24.1. The summed E-state index contributed by atoms with van der Waals surface area (Å²) in [4.78, 5) is 24.1. The molecule has 182 valence electrons. The molecule has 0 aromatic rings. The molecular weight excluding hydrogens is 418 g/mol. The predicted octanol–water partition coefficient (Wildman–Crippen LogP) is 3.59. The number of aliphatic hydroxyl groups excluding tert-OH is 2. The van der Waals surface area contributed by atoms with E-state index in [4.69, 9.17) is 11.2 Å². The fraction of sp³-hybridized carbons (Fsp3) is 0.630. The van der Waals surface area contributed by atoms with Crippen LogP contribution in [-0.4, -0.2) is 46.4 Å². The molecule has 0 aromatic heterocycles. The van der Waals surface area contributed by atoms with Gasteiger partial charge in [0, 0.05) is 24.3 Å². The average molecular weight is 458 g/mol. The molecule has 0 aromatic carbocycles. The largest absolute Gasteiger partial charge is 0.460 e. The predicted molar refractivity (Wildman–Crippen MR) is 129 cm³/mol. The Hall–Kier alpha value is -2.36. The van der Waals surface area contributed by atoms with Gasteiger partial charge in [0.15, 0.2) is 0 Å². The maximum absolute atomic E-state index is 12.3. The quantitative estimate of drug-likeness (QED) is 0.235. The molecule has 2 rings (SSSR count). The number of fused-ring (bicyclic) bond motifs is 1. The van der Waals surface area contributed by atoms with Crippen molar-refractivity contribution in [2.45, 2.75) is 90.9 Å². The molecule has 6 nitrogen and oxygen atoms in total. The van der Waals surface area contributed by atoms with Crippen molar-refractivity contribution < 1.29 is 24.5 Å². The molecule has 33 heavy (non-hydrogen) atoms. The molecule has 1 unspecified atom stereocenters. The Bertz CT molecular complexity index is 870. The van der Waals surface area contributed by atoms with Crippen molar-refractivity contribution in [3.63, 3.8) is 0 Å². The fourth-order valence-corrected chi connectivity index (χ4v) is 5.35. The van der Waals surface area contributed by atoms with E-state index in [1.807, 2.05) is 27.7 Å². The Kier molecular flexibility index (Phi) is 9.11. The second kappa shape index (κ2) is 11.2. The number of ether oxygens (including phenoxy) is 1. The number of allylic oxidation sites excluding steroid dienone is 4. The molecule has 0 radical (unpaired) electrons. The van der Waals surface area contributed by atoms with Crippen LogP contribution in [0.3, 0.4) is 0 Å². The van der Waals surface area contributed by atoms with E-state index >= 15 is 0 Å². The number of hydrogen-bond acceptors (Lipinski definition) is 5. The molecular formula is C27H39NO5. The highest BCUT2D eigenvalue weighted by Crippen LogP contribution is 2.54. The average Bonchev–Trinajstić information content (AvgIpc) is 2.72. The molecule has 2 aliphatic carbocycles. The molecule has 2 aliphatic rings. The summed E-state index contributed by atoms with van der Waals surface area (Å²) in [5.41, 5.74) is 0.965. The number of carbonyl (C=O) groups is 2. The van der Waals surface area contributed by atoms with E-state index in [2.05, 4.69) is 23.4 Å². The highest BCUT2D eigenvalue weighted by molar-refractivity contribution is 5.73. The van der Waals surface area contributed by atoms with Crippen LogP contribution in [0.15, 0.2) is 34.9 Å². The van der Waals surface area contributed by atoms with Gasteiger partial charge in [-0.1, -0.05) is 24.1 Å². The van der Waals surface area contributed by atoms with Crippen molar-refractivity contribution in [1.29, 1.82) is 0 Å². The fourth-order valence-electron chi connectivity index (χ4n) is 5.35. The van der Waals surface area contributed by atoms with E-state index < -0.39 is 17.1 Å². The highest BCUT2D eigenvalue weighted by atomic mass is 16.6. The second-order valence-corrected chi connectivity index (χ2v) is 10.1. The maximum Gasteiger partial charge on any atom is 0.306 e. The van der Waals surface area contributed by atoms with Gasteiger partial charge in [-0.3, -0.25) is 9.59 Å². The van der Waals surface area contributed by atoms with Crippen molar-refractivity contribution in [3.05, 3.63) is 34.9 Å². The Balaban J connectivity index is 2.46. The molecule has 0 aliphatic heterocycles. The Labute approximate surface area is 198 Å². The lowest BCUT2D eigenvalue weighted by Crippen LogP contribution is -2.58. The Morgan fingerprint density at radius 2 is 1.94 bits per heavy atom. The monoisotopic (exact) mass is 457 g/mol. The van der Waals surface area contributed by atoms with Crippen LogP contribution in [0.1, 0.15) is 73.1 Å². The van der Waals surface area contributed by atoms with Gasteiger partial charge in [-0.05, 0) is 76.9 Å². The van der Waals surface area contributed by atoms with Crippen LogP contribution in [-0.2, 0) is 14.3 Å². The summed E-state index contributed by atoms with van der Waals surface area (Å²) < 4.78 is 5.43. The van der Waals surface area contributed by atoms with E-state index in [0.29, 0.717) is 24.8 Å². The van der Waals surface area contributed by atoms with Crippen molar-refractivity contribution in [3.8, 4) is 12.3 Å². The smallest absolute Gasteiger partial charge is 0.306 e. The lowest BCUT2D eigenvalue weighted by molar-refractivity contribution is -0.154. The first-order valence-electron chi connectivity index (χ1n) is 11.8. The van der Waals surface area contributed by atoms with Crippen molar-refractivity contribution >= 4 is 11.9 Å². The zero-order chi connectivity index (χ0) is 24.8. The zero-order valence-corrected chi connectivity index (χ0v) is 20.6. The normalized spacial score (nSPS) is 28.3. The first kappa shape index (κ1) is 26.9. The standard InChI is InChI=1S/C27H39NO5/c1-7-22(18(2)20(15-17-29)11-14-24(31)33-26(4,5)6)27-16-9-8-10-21(27)12-13-23(25(27)32)28-19(3)30/h1,8-9,15,21,23,25,29,32H,10-14,16-17H2,2-6H3,(H,28,30)/b20-15-,22-18+/t21?,23-,25-,27-/m0/s1. The minimum absolute atomic E-state index is 0.143. The van der Waals surface area contributed by atoms with Gasteiger partial charge in [-0.25, -0.2) is 0 Å². The summed E-state index contributed by atoms with van der Waals surface area (Å²) in [6, 6.07) is -0.381. The number of rotatable bonds is 7. The van der Waals surface area contributed by atoms with Gasteiger partial charge < -0.3 is 20.3 Å². The van der Waals surface area contributed by atoms with Crippen LogP contribution >= 0.6 is 0 Å². The van der Waals surface area contributed by atoms with Gasteiger partial charge in [-0.2, -0.15) is 0 Å². The maximum atomic E-state index is 12.3. The topological polar surface area (TPSA) is 95.9 Å². The van der Waals surface area contributed by atoms with Crippen LogP contribution in [0.2, 0.25) is 0 Å². The van der Waals surface area contributed by atoms with Crippen LogP contribution in [0.4, 0.5) is 0 Å². The lowest BCUT2D eigenvalue weighted by atomic mass is 9.54. The van der Waals surface area contributed by atoms with Crippen LogP contribution in [0, 0.1) is 23.7 Å². The minimum atomic E-state index is -0.840. The van der Waals surface area contributed by atoms with Gasteiger partial charge in [-0.15, -0.1) is 6.42 Å². The third-order valence-electron chi connectivity index (χ3n) is 6.72. The van der Waals surface area contributed by atoms with E-state index in [1.165, 1.54) is 6.92 Å². The van der Waals surface area contributed by atoms with Crippen molar-refractivity contribution in [1.82, 2.24) is 5.32 Å².